The molecular weight excluding hydrogens is 271 g/mol. The minimum atomic E-state index is -0.165. The summed E-state index contributed by atoms with van der Waals surface area (Å²) >= 11 is 4.96. The third-order valence-electron chi connectivity index (χ3n) is 4.24. The van der Waals surface area contributed by atoms with Gasteiger partial charge in [-0.1, -0.05) is 25.6 Å². The number of hydrogen-bond donors (Lipinski definition) is 1. The summed E-state index contributed by atoms with van der Waals surface area (Å²) in [5, 5.41) is 0. The molecule has 1 saturated heterocycles. The van der Waals surface area contributed by atoms with Crippen LogP contribution in [0.1, 0.15) is 43.7 Å². The van der Waals surface area contributed by atoms with Crippen LogP contribution in [0.5, 0.6) is 0 Å². The molecule has 0 saturated carbocycles. The van der Waals surface area contributed by atoms with Crippen molar-refractivity contribution < 1.29 is 4.39 Å². The molecule has 1 heterocycles. The second-order valence-electron chi connectivity index (χ2n) is 5.65. The highest BCUT2D eigenvalue weighted by Gasteiger charge is 2.17. The molecule has 2 N–H and O–H groups in total. The van der Waals surface area contributed by atoms with Crippen molar-refractivity contribution in [2.75, 3.05) is 13.1 Å². The Labute approximate surface area is 126 Å². The Hall–Kier alpha value is -1.00. The fourth-order valence-electron chi connectivity index (χ4n) is 2.88. The van der Waals surface area contributed by atoms with Gasteiger partial charge in [-0.25, -0.2) is 4.39 Å². The number of halogens is 1. The number of hydrogen-bond acceptors (Lipinski definition) is 2. The lowest BCUT2D eigenvalue weighted by molar-refractivity contribution is 0.268. The summed E-state index contributed by atoms with van der Waals surface area (Å²) in [7, 11) is 0. The molecule has 0 amide bonds. The van der Waals surface area contributed by atoms with E-state index >= 15 is 0 Å². The third-order valence-corrected chi connectivity index (χ3v) is 4.48. The van der Waals surface area contributed by atoms with Gasteiger partial charge in [0, 0.05) is 17.7 Å². The molecule has 0 aromatic heterocycles. The lowest BCUT2D eigenvalue weighted by Gasteiger charge is -2.20. The molecule has 0 radical (unpaired) electrons. The highest BCUT2D eigenvalue weighted by atomic mass is 32.1. The fourth-order valence-corrected chi connectivity index (χ4v) is 3.01. The molecule has 2 rings (SSSR count). The van der Waals surface area contributed by atoms with Crippen LogP contribution in [0.4, 0.5) is 4.39 Å². The third kappa shape index (κ3) is 4.00. The van der Waals surface area contributed by atoms with Gasteiger partial charge in [0.05, 0.1) is 0 Å². The fraction of sp³-hybridized carbons (Fsp3) is 0.562. The number of nitrogens with two attached hydrogens (primary N) is 1. The zero-order valence-corrected chi connectivity index (χ0v) is 12.9. The first kappa shape index (κ1) is 15.4. The molecule has 4 heteroatoms. The van der Waals surface area contributed by atoms with Gasteiger partial charge in [-0.2, -0.15) is 0 Å². The van der Waals surface area contributed by atoms with E-state index in [1.165, 1.54) is 31.7 Å². The van der Waals surface area contributed by atoms with Gasteiger partial charge in [0.25, 0.3) is 0 Å². The van der Waals surface area contributed by atoms with E-state index in [9.17, 15) is 4.39 Å². The van der Waals surface area contributed by atoms with Crippen LogP contribution < -0.4 is 5.73 Å². The molecule has 1 fully saturated rings. The summed E-state index contributed by atoms with van der Waals surface area (Å²) in [4.78, 5) is 2.67. The quantitative estimate of drug-likeness (QED) is 0.862. The van der Waals surface area contributed by atoms with Gasteiger partial charge in [0.15, 0.2) is 0 Å². The normalized spacial score (nSPS) is 20.6. The molecule has 20 heavy (non-hydrogen) atoms. The second-order valence-corrected chi connectivity index (χ2v) is 6.09. The molecule has 1 aromatic carbocycles. The van der Waals surface area contributed by atoms with Crippen LogP contribution >= 0.6 is 12.2 Å². The Balaban J connectivity index is 2.05. The van der Waals surface area contributed by atoms with E-state index in [0.717, 1.165) is 24.6 Å². The molecule has 1 unspecified atom stereocenters. The lowest BCUT2D eigenvalue weighted by atomic mass is 9.98. The van der Waals surface area contributed by atoms with Gasteiger partial charge < -0.3 is 5.73 Å². The molecule has 1 aliphatic rings. The predicted octanol–water partition coefficient (Wildman–Crippen LogP) is 3.47. The van der Waals surface area contributed by atoms with Crippen molar-refractivity contribution in [2.24, 2.45) is 11.7 Å². The van der Waals surface area contributed by atoms with Crippen molar-refractivity contribution in [1.82, 2.24) is 4.90 Å². The Bertz CT molecular complexity index is 476. The van der Waals surface area contributed by atoms with Crippen LogP contribution in [0.15, 0.2) is 18.2 Å². The van der Waals surface area contributed by atoms with Crippen molar-refractivity contribution in [3.05, 3.63) is 35.1 Å². The van der Waals surface area contributed by atoms with E-state index in [1.807, 2.05) is 0 Å². The Kier molecular flexibility index (Phi) is 5.49. The molecule has 1 aliphatic heterocycles. The van der Waals surface area contributed by atoms with Crippen LogP contribution in [0.3, 0.4) is 0 Å². The molecule has 0 aliphatic carbocycles. The zero-order valence-electron chi connectivity index (χ0n) is 12.1. The van der Waals surface area contributed by atoms with Crippen LogP contribution in [-0.4, -0.2) is 23.0 Å². The van der Waals surface area contributed by atoms with Crippen molar-refractivity contribution in [3.63, 3.8) is 0 Å². The Morgan fingerprint density at radius 1 is 1.40 bits per heavy atom. The Morgan fingerprint density at radius 2 is 2.20 bits per heavy atom. The molecule has 0 spiro atoms. The van der Waals surface area contributed by atoms with Crippen molar-refractivity contribution in [1.29, 1.82) is 0 Å². The topological polar surface area (TPSA) is 29.3 Å². The summed E-state index contributed by atoms with van der Waals surface area (Å²) in [6.07, 6.45) is 4.96. The van der Waals surface area contributed by atoms with E-state index in [-0.39, 0.29) is 5.82 Å². The Morgan fingerprint density at radius 3 is 2.90 bits per heavy atom. The summed E-state index contributed by atoms with van der Waals surface area (Å²) in [5.41, 5.74) is 7.07. The van der Waals surface area contributed by atoms with Crippen LogP contribution in [0, 0.1) is 11.7 Å². The molecule has 110 valence electrons. The first-order valence-corrected chi connectivity index (χ1v) is 7.81. The molecule has 0 bridgehead atoms. The number of thiocarbonyl (C=S) groups is 1. The summed E-state index contributed by atoms with van der Waals surface area (Å²) in [6, 6.07) is 4.91. The number of likely N-dealkylation sites (tertiary alicyclic amines) is 1. The SMILES string of the molecule is CCC1CCCN(Cc2cc(C(N)=S)ccc2F)CC1. The van der Waals surface area contributed by atoms with E-state index in [4.69, 9.17) is 18.0 Å². The summed E-state index contributed by atoms with van der Waals surface area (Å²) in [6.45, 7) is 5.01. The summed E-state index contributed by atoms with van der Waals surface area (Å²) < 4.78 is 13.9. The zero-order chi connectivity index (χ0) is 14.5. The molecule has 1 aromatic rings. The molecular formula is C16H23FN2S. The highest BCUT2D eigenvalue weighted by molar-refractivity contribution is 7.80. The average Bonchev–Trinajstić information content (AvgIpc) is 2.66. The van der Waals surface area contributed by atoms with Gasteiger partial charge in [-0.05, 0) is 56.5 Å². The predicted molar refractivity (Wildman–Crippen MR) is 85.2 cm³/mol. The van der Waals surface area contributed by atoms with Gasteiger partial charge in [0.1, 0.15) is 10.8 Å². The molecule has 1 atom stereocenters. The van der Waals surface area contributed by atoms with Crippen LogP contribution in [0.25, 0.3) is 0 Å². The first-order chi connectivity index (χ1) is 9.60. The van der Waals surface area contributed by atoms with Gasteiger partial charge in [0.2, 0.25) is 0 Å². The van der Waals surface area contributed by atoms with E-state index in [0.29, 0.717) is 17.1 Å². The van der Waals surface area contributed by atoms with Crippen molar-refractivity contribution in [3.8, 4) is 0 Å². The van der Waals surface area contributed by atoms with Gasteiger partial charge >= 0.3 is 0 Å². The maximum Gasteiger partial charge on any atom is 0.127 e. The standard InChI is InChI=1S/C16H23FN2S/c1-2-12-4-3-8-19(9-7-12)11-14-10-13(16(18)20)5-6-15(14)17/h5-6,10,12H,2-4,7-9,11H2,1H3,(H2,18,20). The maximum atomic E-state index is 13.9. The van der Waals surface area contributed by atoms with Crippen LogP contribution in [-0.2, 0) is 6.54 Å². The molecule has 2 nitrogen and oxygen atoms in total. The lowest BCUT2D eigenvalue weighted by Crippen LogP contribution is -2.25. The second kappa shape index (κ2) is 7.14. The summed E-state index contributed by atoms with van der Waals surface area (Å²) in [5.74, 6) is 0.661. The van der Waals surface area contributed by atoms with Crippen LogP contribution in [0.2, 0.25) is 0 Å². The van der Waals surface area contributed by atoms with E-state index in [2.05, 4.69) is 11.8 Å². The largest absolute Gasteiger partial charge is 0.389 e. The van der Waals surface area contributed by atoms with E-state index in [1.54, 1.807) is 12.1 Å². The number of nitrogens with zero attached hydrogens (tertiary/aromatic N) is 1. The number of rotatable bonds is 4. The minimum absolute atomic E-state index is 0.165. The van der Waals surface area contributed by atoms with E-state index < -0.39 is 0 Å². The average molecular weight is 294 g/mol. The minimum Gasteiger partial charge on any atom is -0.389 e. The maximum absolute atomic E-state index is 13.9. The highest BCUT2D eigenvalue weighted by Crippen LogP contribution is 2.22. The van der Waals surface area contributed by atoms with Crippen molar-refractivity contribution in [2.45, 2.75) is 39.2 Å². The van der Waals surface area contributed by atoms with Gasteiger partial charge in [-0.3, -0.25) is 4.90 Å². The smallest absolute Gasteiger partial charge is 0.127 e. The van der Waals surface area contributed by atoms with Gasteiger partial charge in [-0.15, -0.1) is 0 Å². The monoisotopic (exact) mass is 294 g/mol. The van der Waals surface area contributed by atoms with Crippen molar-refractivity contribution >= 4 is 17.2 Å². The number of benzene rings is 1. The first-order valence-electron chi connectivity index (χ1n) is 7.40.